The number of fused-ring (bicyclic) bond motifs is 1. The van der Waals surface area contributed by atoms with Gasteiger partial charge in [0.25, 0.3) is 0 Å². The average molecular weight is 330 g/mol. The monoisotopic (exact) mass is 330 g/mol. The number of carbonyl (C=O) groups excluding carboxylic acids is 1. The van der Waals surface area contributed by atoms with Crippen molar-refractivity contribution < 1.29 is 18.0 Å². The highest BCUT2D eigenvalue weighted by atomic mass is 19.4. The van der Waals surface area contributed by atoms with Crippen molar-refractivity contribution in [2.75, 3.05) is 0 Å². The zero-order valence-electron chi connectivity index (χ0n) is 13.1. The van der Waals surface area contributed by atoms with E-state index in [1.54, 1.807) is 0 Å². The summed E-state index contributed by atoms with van der Waals surface area (Å²) in [5, 5.41) is 10.9. The predicted molar refractivity (Wildman–Crippen MR) is 76.5 cm³/mol. The molecule has 23 heavy (non-hydrogen) atoms. The van der Waals surface area contributed by atoms with Gasteiger partial charge < -0.3 is 9.88 Å². The third kappa shape index (κ3) is 3.35. The first kappa shape index (κ1) is 16.3. The van der Waals surface area contributed by atoms with E-state index in [0.717, 1.165) is 11.6 Å². The highest BCUT2D eigenvalue weighted by Gasteiger charge is 2.48. The number of alkyl halides is 3. The van der Waals surface area contributed by atoms with E-state index < -0.39 is 23.9 Å². The van der Waals surface area contributed by atoms with Crippen molar-refractivity contribution >= 4 is 5.91 Å². The highest BCUT2D eigenvalue weighted by molar-refractivity contribution is 5.79. The van der Waals surface area contributed by atoms with Crippen molar-refractivity contribution in [1.82, 2.24) is 20.1 Å². The van der Waals surface area contributed by atoms with E-state index >= 15 is 0 Å². The van der Waals surface area contributed by atoms with Gasteiger partial charge >= 0.3 is 6.18 Å². The van der Waals surface area contributed by atoms with Gasteiger partial charge in [-0.3, -0.25) is 4.79 Å². The number of aryl methyl sites for hydroxylation is 2. The van der Waals surface area contributed by atoms with Crippen molar-refractivity contribution in [2.45, 2.75) is 64.2 Å². The third-order valence-corrected chi connectivity index (χ3v) is 5.00. The molecule has 0 saturated heterocycles. The van der Waals surface area contributed by atoms with Crippen LogP contribution in [0.3, 0.4) is 0 Å². The lowest BCUT2D eigenvalue weighted by molar-refractivity contribution is -0.198. The van der Waals surface area contributed by atoms with Crippen molar-refractivity contribution in [3.63, 3.8) is 0 Å². The molecule has 1 N–H and O–H groups in total. The van der Waals surface area contributed by atoms with Crippen LogP contribution in [0.1, 0.15) is 43.8 Å². The molecule has 3 rings (SSSR count). The minimum absolute atomic E-state index is 0.0565. The minimum Gasteiger partial charge on any atom is -0.351 e. The number of hydrogen-bond donors (Lipinski definition) is 1. The molecule has 2 aliphatic rings. The quantitative estimate of drug-likeness (QED) is 0.906. The second kappa shape index (κ2) is 6.13. The van der Waals surface area contributed by atoms with E-state index in [1.807, 2.05) is 11.5 Å². The summed E-state index contributed by atoms with van der Waals surface area (Å²) in [6.07, 6.45) is -1.33. The molecule has 8 heteroatoms. The van der Waals surface area contributed by atoms with Gasteiger partial charge in [-0.25, -0.2) is 0 Å². The van der Waals surface area contributed by atoms with Crippen LogP contribution in [-0.4, -0.2) is 32.9 Å². The maximum atomic E-state index is 13.1. The van der Waals surface area contributed by atoms with Crippen molar-refractivity contribution in [3.05, 3.63) is 11.6 Å². The zero-order chi connectivity index (χ0) is 16.6. The number of amides is 1. The summed E-state index contributed by atoms with van der Waals surface area (Å²) in [6, 6.07) is -0.152. The molecule has 1 aromatic rings. The minimum atomic E-state index is -4.30. The Morgan fingerprint density at radius 1 is 1.22 bits per heavy atom. The number of rotatable bonds is 2. The molecule has 1 saturated carbocycles. The molecule has 1 aliphatic carbocycles. The van der Waals surface area contributed by atoms with Gasteiger partial charge in [-0.2, -0.15) is 13.2 Å². The van der Waals surface area contributed by atoms with Gasteiger partial charge in [-0.05, 0) is 26.2 Å². The van der Waals surface area contributed by atoms with Crippen LogP contribution in [0.2, 0.25) is 0 Å². The fourth-order valence-electron chi connectivity index (χ4n) is 3.72. The van der Waals surface area contributed by atoms with Gasteiger partial charge in [-0.15, -0.1) is 10.2 Å². The third-order valence-electron chi connectivity index (χ3n) is 5.00. The predicted octanol–water partition coefficient (Wildman–Crippen LogP) is 2.39. The number of halogens is 3. The Labute approximate surface area is 132 Å². The van der Waals surface area contributed by atoms with Crippen LogP contribution >= 0.6 is 0 Å². The number of carbonyl (C=O) groups is 1. The molecule has 128 valence electrons. The van der Waals surface area contributed by atoms with Crippen molar-refractivity contribution in [2.24, 2.45) is 11.8 Å². The molecule has 2 heterocycles. The molecule has 0 unspecified atom stereocenters. The largest absolute Gasteiger partial charge is 0.392 e. The van der Waals surface area contributed by atoms with Gasteiger partial charge in [0.05, 0.1) is 5.92 Å². The first-order valence-corrected chi connectivity index (χ1v) is 8.12. The molecule has 0 spiro atoms. The first-order valence-electron chi connectivity index (χ1n) is 8.12. The fourth-order valence-corrected chi connectivity index (χ4v) is 3.72. The summed E-state index contributed by atoms with van der Waals surface area (Å²) >= 11 is 0. The van der Waals surface area contributed by atoms with Gasteiger partial charge in [0, 0.05) is 24.9 Å². The number of nitrogens with zero attached hydrogens (tertiary/aromatic N) is 3. The topological polar surface area (TPSA) is 59.8 Å². The molecule has 1 aliphatic heterocycles. The lowest BCUT2D eigenvalue weighted by Crippen LogP contribution is -2.48. The van der Waals surface area contributed by atoms with Gasteiger partial charge in [0.1, 0.15) is 11.6 Å². The van der Waals surface area contributed by atoms with Gasteiger partial charge in [-0.1, -0.05) is 12.8 Å². The Morgan fingerprint density at radius 2 is 1.96 bits per heavy atom. The van der Waals surface area contributed by atoms with E-state index in [4.69, 9.17) is 0 Å². The second-order valence-corrected chi connectivity index (χ2v) is 6.56. The molecule has 0 radical (unpaired) electrons. The fraction of sp³-hybridized carbons (Fsp3) is 0.800. The molecule has 1 aromatic heterocycles. The molecule has 0 bridgehead atoms. The smallest absolute Gasteiger partial charge is 0.351 e. The molecule has 0 aromatic carbocycles. The van der Waals surface area contributed by atoms with Crippen molar-refractivity contribution in [3.8, 4) is 0 Å². The second-order valence-electron chi connectivity index (χ2n) is 6.56. The number of aromatic nitrogens is 3. The maximum Gasteiger partial charge on any atom is 0.392 e. The summed E-state index contributed by atoms with van der Waals surface area (Å²) in [5.74, 6) is -1.27. The van der Waals surface area contributed by atoms with Crippen LogP contribution in [0, 0.1) is 18.8 Å². The van der Waals surface area contributed by atoms with Crippen molar-refractivity contribution in [1.29, 1.82) is 0 Å². The Balaban J connectivity index is 1.66. The van der Waals surface area contributed by atoms with Crippen LogP contribution in [0.25, 0.3) is 0 Å². The van der Waals surface area contributed by atoms with Crippen LogP contribution in [0.15, 0.2) is 0 Å². The van der Waals surface area contributed by atoms with Crippen LogP contribution in [-0.2, 0) is 17.8 Å². The molecule has 5 nitrogen and oxygen atoms in total. The van der Waals surface area contributed by atoms with Gasteiger partial charge in [0.15, 0.2) is 0 Å². The summed E-state index contributed by atoms with van der Waals surface area (Å²) in [4.78, 5) is 12.4. The first-order chi connectivity index (χ1) is 10.9. The van der Waals surface area contributed by atoms with Crippen LogP contribution in [0.4, 0.5) is 13.2 Å². The Morgan fingerprint density at radius 3 is 2.70 bits per heavy atom. The zero-order valence-corrected chi connectivity index (χ0v) is 13.1. The van der Waals surface area contributed by atoms with E-state index in [0.29, 0.717) is 38.6 Å². The molecular weight excluding hydrogens is 309 g/mol. The summed E-state index contributed by atoms with van der Waals surface area (Å²) in [6.45, 7) is 2.37. The Kier molecular flexibility index (Phi) is 4.33. The number of hydrogen-bond acceptors (Lipinski definition) is 3. The van der Waals surface area contributed by atoms with Gasteiger partial charge in [0.2, 0.25) is 5.91 Å². The summed E-state index contributed by atoms with van der Waals surface area (Å²) in [7, 11) is 0. The molecule has 3 atom stereocenters. The molecular formula is C15H21F3N4O. The summed E-state index contributed by atoms with van der Waals surface area (Å²) in [5.41, 5.74) is 0. The molecule has 1 amide bonds. The Hall–Kier alpha value is -1.60. The molecule has 1 fully saturated rings. The normalized spacial score (nSPS) is 28.3. The van der Waals surface area contributed by atoms with E-state index in [2.05, 4.69) is 15.5 Å². The van der Waals surface area contributed by atoms with E-state index in [-0.39, 0.29) is 12.5 Å². The lowest BCUT2D eigenvalue weighted by Gasteiger charge is -2.34. The highest BCUT2D eigenvalue weighted by Crippen LogP contribution is 2.41. The SMILES string of the molecule is Cc1nnc2n1C[C@H](NC(=O)[C@H]1CCCC[C@H]1C(F)(F)F)CC2. The Bertz CT molecular complexity index is 584. The standard InChI is InChI=1S/C15H21F3N4O/c1-9-20-21-13-7-6-10(8-22(9)13)19-14(23)11-4-2-3-5-12(11)15(16,17)18/h10-12H,2-8H2,1H3,(H,19,23)/t10-,11+,12-/m1/s1. The summed E-state index contributed by atoms with van der Waals surface area (Å²) < 4.78 is 41.3. The van der Waals surface area contributed by atoms with E-state index in [1.165, 1.54) is 0 Å². The average Bonchev–Trinajstić information content (AvgIpc) is 2.87. The van der Waals surface area contributed by atoms with Crippen LogP contribution < -0.4 is 5.32 Å². The lowest BCUT2D eigenvalue weighted by atomic mass is 9.78. The van der Waals surface area contributed by atoms with Crippen LogP contribution in [0.5, 0.6) is 0 Å². The number of nitrogens with one attached hydrogen (secondary N) is 1. The maximum absolute atomic E-state index is 13.1. The van der Waals surface area contributed by atoms with E-state index in [9.17, 15) is 18.0 Å².